The van der Waals surface area contributed by atoms with E-state index in [1.807, 2.05) is 12.3 Å². The molecule has 4 nitrogen and oxygen atoms in total. The summed E-state index contributed by atoms with van der Waals surface area (Å²) >= 11 is 0. The molecule has 0 bridgehead atoms. The van der Waals surface area contributed by atoms with Gasteiger partial charge in [0.2, 0.25) is 0 Å². The van der Waals surface area contributed by atoms with Crippen LogP contribution in [0.2, 0.25) is 0 Å². The number of hydrogen-bond acceptors (Lipinski definition) is 2. The van der Waals surface area contributed by atoms with Gasteiger partial charge in [0.25, 0.3) is 0 Å². The molecule has 0 atom stereocenters. The normalized spacial score (nSPS) is 12.9. The van der Waals surface area contributed by atoms with E-state index in [9.17, 15) is 14.3 Å². The fourth-order valence-electron chi connectivity index (χ4n) is 4.51. The first-order valence-corrected chi connectivity index (χ1v) is 9.97. The van der Waals surface area contributed by atoms with Gasteiger partial charge in [0.1, 0.15) is 5.82 Å². The van der Waals surface area contributed by atoms with Crippen molar-refractivity contribution in [2.75, 3.05) is 0 Å². The van der Waals surface area contributed by atoms with E-state index in [-0.39, 0.29) is 18.2 Å². The van der Waals surface area contributed by atoms with Gasteiger partial charge in [0.05, 0.1) is 12.1 Å². The van der Waals surface area contributed by atoms with Gasteiger partial charge in [-0.25, -0.2) is 4.39 Å². The molecule has 5 heteroatoms. The molecule has 0 saturated carbocycles. The maximum absolute atomic E-state index is 14.0. The van der Waals surface area contributed by atoms with Crippen LogP contribution in [0, 0.1) is 19.7 Å². The van der Waals surface area contributed by atoms with Crippen LogP contribution in [0.3, 0.4) is 0 Å². The second-order valence-electron chi connectivity index (χ2n) is 8.11. The van der Waals surface area contributed by atoms with Crippen molar-refractivity contribution in [3.8, 4) is 5.69 Å². The van der Waals surface area contributed by atoms with E-state index in [1.54, 1.807) is 13.0 Å². The Morgan fingerprint density at radius 1 is 1.28 bits per heavy atom. The number of fused-ring (bicyclic) bond motifs is 2. The van der Waals surface area contributed by atoms with Gasteiger partial charge >= 0.3 is 5.97 Å². The average Bonchev–Trinajstić information content (AvgIpc) is 3.25. The van der Waals surface area contributed by atoms with Gasteiger partial charge in [-0.3, -0.25) is 9.79 Å². The highest BCUT2D eigenvalue weighted by Gasteiger charge is 2.25. The van der Waals surface area contributed by atoms with Crippen molar-refractivity contribution in [3.63, 3.8) is 0 Å². The van der Waals surface area contributed by atoms with Crippen molar-refractivity contribution in [1.82, 2.24) is 4.57 Å². The van der Waals surface area contributed by atoms with Crippen molar-refractivity contribution in [2.45, 2.75) is 53.0 Å². The van der Waals surface area contributed by atoms with E-state index >= 15 is 0 Å². The fraction of sp³-hybridized carbons (Fsp3) is 0.333. The molecule has 4 rings (SSSR count). The maximum atomic E-state index is 14.0. The summed E-state index contributed by atoms with van der Waals surface area (Å²) in [6.45, 7) is 8.77. The molecule has 0 aliphatic carbocycles. The highest BCUT2D eigenvalue weighted by Crippen LogP contribution is 2.39. The number of halogens is 1. The van der Waals surface area contributed by atoms with Gasteiger partial charge in [0, 0.05) is 29.4 Å². The third-order valence-electron chi connectivity index (χ3n) is 5.83. The summed E-state index contributed by atoms with van der Waals surface area (Å²) in [5.74, 6) is -0.855. The lowest BCUT2D eigenvalue weighted by atomic mass is 9.94. The molecule has 0 spiro atoms. The van der Waals surface area contributed by atoms with Gasteiger partial charge in [-0.05, 0) is 78.3 Å². The number of aliphatic carboxylic acids is 1. The zero-order valence-electron chi connectivity index (χ0n) is 17.2. The number of aromatic nitrogens is 1. The molecule has 1 aromatic heterocycles. The SMILES string of the molecule is Cc1cc(-n2c(C(C)C)c(CCC(=O)O)c3c(C)c4c(cc32)C=NC4)ccc1F. The van der Waals surface area contributed by atoms with E-state index in [0.29, 0.717) is 18.5 Å². The van der Waals surface area contributed by atoms with Crippen molar-refractivity contribution >= 4 is 23.1 Å². The van der Waals surface area contributed by atoms with E-state index in [2.05, 4.69) is 36.4 Å². The zero-order valence-corrected chi connectivity index (χ0v) is 17.2. The van der Waals surface area contributed by atoms with Crippen LogP contribution in [0.1, 0.15) is 59.7 Å². The second-order valence-corrected chi connectivity index (χ2v) is 8.11. The van der Waals surface area contributed by atoms with E-state index in [4.69, 9.17) is 0 Å². The number of carbonyl (C=O) groups is 1. The van der Waals surface area contributed by atoms with Crippen LogP contribution in [-0.4, -0.2) is 21.9 Å². The molecule has 1 aliphatic heterocycles. The van der Waals surface area contributed by atoms with Crippen LogP contribution < -0.4 is 0 Å². The van der Waals surface area contributed by atoms with Crippen LogP contribution in [0.25, 0.3) is 16.6 Å². The Kier molecular flexibility index (Phi) is 4.77. The van der Waals surface area contributed by atoms with E-state index < -0.39 is 5.97 Å². The predicted octanol–water partition coefficient (Wildman–Crippen LogP) is 5.46. The monoisotopic (exact) mass is 392 g/mol. The Morgan fingerprint density at radius 2 is 2.03 bits per heavy atom. The second kappa shape index (κ2) is 7.14. The van der Waals surface area contributed by atoms with Crippen LogP contribution >= 0.6 is 0 Å². The number of aryl methyl sites for hydroxylation is 3. The van der Waals surface area contributed by atoms with Crippen LogP contribution in [0.15, 0.2) is 29.3 Å². The smallest absolute Gasteiger partial charge is 0.303 e. The minimum Gasteiger partial charge on any atom is -0.481 e. The molecule has 0 amide bonds. The summed E-state index contributed by atoms with van der Waals surface area (Å²) in [6, 6.07) is 7.30. The summed E-state index contributed by atoms with van der Waals surface area (Å²) in [5.41, 5.74) is 8.16. The van der Waals surface area contributed by atoms with Gasteiger partial charge in [-0.2, -0.15) is 0 Å². The largest absolute Gasteiger partial charge is 0.481 e. The number of hydrogen-bond donors (Lipinski definition) is 1. The Balaban J connectivity index is 2.11. The minimum atomic E-state index is -0.805. The molecule has 150 valence electrons. The summed E-state index contributed by atoms with van der Waals surface area (Å²) in [5, 5.41) is 10.4. The highest BCUT2D eigenvalue weighted by atomic mass is 19.1. The van der Waals surface area contributed by atoms with Crippen LogP contribution in [-0.2, 0) is 17.8 Å². The molecule has 29 heavy (non-hydrogen) atoms. The van der Waals surface area contributed by atoms with E-state index in [1.165, 1.54) is 11.6 Å². The first-order chi connectivity index (χ1) is 13.8. The van der Waals surface area contributed by atoms with Crippen molar-refractivity contribution < 1.29 is 14.3 Å². The predicted molar refractivity (Wildman–Crippen MR) is 114 cm³/mol. The van der Waals surface area contributed by atoms with Crippen molar-refractivity contribution in [2.24, 2.45) is 4.99 Å². The third kappa shape index (κ3) is 3.15. The Morgan fingerprint density at radius 3 is 2.69 bits per heavy atom. The first kappa shape index (κ1) is 19.4. The van der Waals surface area contributed by atoms with Crippen LogP contribution in [0.5, 0.6) is 0 Å². The number of aliphatic imine (C=N–C) groups is 1. The molecular weight excluding hydrogens is 367 g/mol. The Labute approximate surface area is 169 Å². The van der Waals surface area contributed by atoms with Gasteiger partial charge in [-0.15, -0.1) is 0 Å². The molecule has 0 unspecified atom stereocenters. The molecule has 1 aliphatic rings. The topological polar surface area (TPSA) is 54.6 Å². The number of benzene rings is 2. The number of carboxylic acids is 1. The zero-order chi connectivity index (χ0) is 20.9. The van der Waals surface area contributed by atoms with E-state index in [0.717, 1.165) is 39.0 Å². The highest BCUT2D eigenvalue weighted by molar-refractivity contribution is 5.98. The standard InChI is InChI=1S/C24H25FN2O2/c1-13(2)24-18(6-8-22(28)29)23-15(4)19-12-26-11-16(19)10-21(23)27(24)17-5-7-20(25)14(3)9-17/h5,7,9-11,13H,6,8,12H2,1-4H3,(H,28,29). The van der Waals surface area contributed by atoms with Crippen LogP contribution in [0.4, 0.5) is 4.39 Å². The third-order valence-corrected chi connectivity index (χ3v) is 5.83. The lowest BCUT2D eigenvalue weighted by Crippen LogP contribution is -2.06. The summed E-state index contributed by atoms with van der Waals surface area (Å²) < 4.78 is 16.1. The molecule has 2 aromatic carbocycles. The lowest BCUT2D eigenvalue weighted by molar-refractivity contribution is -0.136. The lowest BCUT2D eigenvalue weighted by Gasteiger charge is -2.16. The summed E-state index contributed by atoms with van der Waals surface area (Å²) in [7, 11) is 0. The molecule has 2 heterocycles. The van der Waals surface area contributed by atoms with Gasteiger partial charge in [0.15, 0.2) is 0 Å². The van der Waals surface area contributed by atoms with Gasteiger partial charge in [-0.1, -0.05) is 13.8 Å². The maximum Gasteiger partial charge on any atom is 0.303 e. The van der Waals surface area contributed by atoms with Crippen molar-refractivity contribution in [1.29, 1.82) is 0 Å². The quantitative estimate of drug-likeness (QED) is 0.627. The average molecular weight is 392 g/mol. The first-order valence-electron chi connectivity index (χ1n) is 9.97. The molecule has 0 radical (unpaired) electrons. The molecular formula is C24H25FN2O2. The molecule has 0 fully saturated rings. The van der Waals surface area contributed by atoms with Crippen molar-refractivity contribution in [3.05, 3.63) is 63.6 Å². The molecule has 0 saturated heterocycles. The number of carboxylic acid groups (broad SMARTS) is 1. The Bertz CT molecular complexity index is 1170. The van der Waals surface area contributed by atoms with Gasteiger partial charge < -0.3 is 9.67 Å². The summed E-state index contributed by atoms with van der Waals surface area (Å²) in [4.78, 5) is 15.8. The Hall–Kier alpha value is -2.95. The number of nitrogens with zero attached hydrogens (tertiary/aromatic N) is 2. The fourth-order valence-corrected chi connectivity index (χ4v) is 4.51. The molecule has 1 N–H and O–H groups in total. The number of rotatable bonds is 5. The summed E-state index contributed by atoms with van der Waals surface area (Å²) in [6.07, 6.45) is 2.45. The molecule has 3 aromatic rings. The minimum absolute atomic E-state index is 0.0777.